The van der Waals surface area contributed by atoms with Gasteiger partial charge in [-0.25, -0.2) is 4.79 Å². The van der Waals surface area contributed by atoms with E-state index in [-0.39, 0.29) is 18.3 Å². The first kappa shape index (κ1) is 23.1. The van der Waals surface area contributed by atoms with Gasteiger partial charge in [-0.1, -0.05) is 6.07 Å². The maximum absolute atomic E-state index is 12.3. The molecular weight excluding hydrogens is 375 g/mol. The van der Waals surface area contributed by atoms with Crippen LogP contribution in [-0.4, -0.2) is 36.3 Å². The highest BCUT2D eigenvalue weighted by Gasteiger charge is 2.50. The number of ether oxygens (including phenoxy) is 2. The highest BCUT2D eigenvalue weighted by Crippen LogP contribution is 2.39. The minimum Gasteiger partial charge on any atom is -0.428 e. The summed E-state index contributed by atoms with van der Waals surface area (Å²) in [4.78, 5) is 13.3. The molecule has 0 radical (unpaired) electrons. The van der Waals surface area contributed by atoms with Crippen molar-refractivity contribution < 1.29 is 23.6 Å². The van der Waals surface area contributed by atoms with Crippen molar-refractivity contribution in [2.75, 3.05) is 6.26 Å². The Morgan fingerprint density at radius 1 is 1.14 bits per heavy atom. The molecule has 0 amide bonds. The van der Waals surface area contributed by atoms with Gasteiger partial charge in [-0.05, 0) is 86.0 Å². The van der Waals surface area contributed by atoms with Crippen LogP contribution in [0.25, 0.3) is 0 Å². The number of aryl methyl sites for hydroxylation is 1. The smallest absolute Gasteiger partial charge is 0.428 e. The van der Waals surface area contributed by atoms with Gasteiger partial charge in [-0.15, -0.1) is 11.8 Å². The molecule has 0 spiro atoms. The van der Waals surface area contributed by atoms with E-state index in [9.17, 15) is 4.79 Å². The highest BCUT2D eigenvalue weighted by atomic mass is 32.2. The Bertz CT molecular complexity index is 708. The fraction of sp³-hybridized carbons (Fsp3) is 0.667. The van der Waals surface area contributed by atoms with Crippen molar-refractivity contribution in [2.45, 2.75) is 89.8 Å². The van der Waals surface area contributed by atoms with Gasteiger partial charge in [0.1, 0.15) is 11.4 Å². The Morgan fingerprint density at radius 2 is 1.71 bits per heavy atom. The predicted molar refractivity (Wildman–Crippen MR) is 114 cm³/mol. The number of thioether (sulfide) groups is 1. The molecule has 1 fully saturated rings. The Balaban J connectivity index is 2.18. The third-order valence-corrected chi connectivity index (χ3v) is 6.07. The molecule has 1 heterocycles. The molecule has 156 valence electrons. The number of benzene rings is 1. The molecule has 5 nitrogen and oxygen atoms in total. The van der Waals surface area contributed by atoms with E-state index < -0.39 is 11.8 Å². The normalized spacial score (nSPS) is 18.2. The van der Waals surface area contributed by atoms with Crippen LogP contribution in [0.4, 0.5) is 4.79 Å². The number of rotatable bonds is 5. The van der Waals surface area contributed by atoms with Gasteiger partial charge in [0, 0.05) is 10.5 Å². The Morgan fingerprint density at radius 3 is 2.21 bits per heavy atom. The van der Waals surface area contributed by atoms with Gasteiger partial charge in [0.05, 0.1) is 11.2 Å². The number of carbonyl (C=O) groups is 1. The fourth-order valence-electron chi connectivity index (χ4n) is 3.00. The van der Waals surface area contributed by atoms with Gasteiger partial charge >= 0.3 is 13.3 Å². The molecule has 2 rings (SSSR count). The second-order valence-corrected chi connectivity index (χ2v) is 10.0. The van der Waals surface area contributed by atoms with E-state index >= 15 is 0 Å². The van der Waals surface area contributed by atoms with Crippen molar-refractivity contribution in [2.24, 2.45) is 0 Å². The van der Waals surface area contributed by atoms with Gasteiger partial charge in [-0.3, -0.25) is 0 Å². The molecule has 7 heteroatoms. The summed E-state index contributed by atoms with van der Waals surface area (Å²) in [7, 11) is -0.292. The lowest BCUT2D eigenvalue weighted by Gasteiger charge is -2.32. The van der Waals surface area contributed by atoms with Gasteiger partial charge in [0.15, 0.2) is 0 Å². The molecule has 1 aliphatic rings. The number of hydrogen-bond donors (Lipinski definition) is 0. The van der Waals surface area contributed by atoms with E-state index in [1.807, 2.05) is 67.7 Å². The zero-order valence-corrected chi connectivity index (χ0v) is 19.4. The Labute approximate surface area is 174 Å². The average Bonchev–Trinajstić information content (AvgIpc) is 2.73. The maximum Gasteiger partial charge on any atom is 0.514 e. The molecule has 1 aromatic carbocycles. The molecule has 1 saturated heterocycles. The summed E-state index contributed by atoms with van der Waals surface area (Å²) in [6.45, 7) is 15.6. The van der Waals surface area contributed by atoms with Crippen LogP contribution in [0, 0.1) is 6.92 Å². The monoisotopic (exact) mass is 408 g/mol. The highest BCUT2D eigenvalue weighted by molar-refractivity contribution is 7.98. The molecule has 0 saturated carbocycles. The lowest BCUT2D eigenvalue weighted by atomic mass is 9.81. The fourth-order valence-corrected chi connectivity index (χ4v) is 3.60. The minimum absolute atomic E-state index is 0.292. The summed E-state index contributed by atoms with van der Waals surface area (Å²) >= 11 is 1.62. The number of carbonyl (C=O) groups excluding carboxylic acids is 1. The molecule has 0 N–H and O–H groups in total. The zero-order valence-electron chi connectivity index (χ0n) is 18.6. The minimum atomic E-state index is -0.689. The second kappa shape index (κ2) is 8.29. The Hall–Kier alpha value is -1.18. The van der Waals surface area contributed by atoms with Crippen molar-refractivity contribution in [3.63, 3.8) is 0 Å². The summed E-state index contributed by atoms with van der Waals surface area (Å²) < 4.78 is 23.2. The van der Waals surface area contributed by atoms with Crippen molar-refractivity contribution in [3.05, 3.63) is 23.3 Å². The topological polar surface area (TPSA) is 54.0 Å². The molecular formula is C21H33BO5S. The lowest BCUT2D eigenvalue weighted by Crippen LogP contribution is -2.41. The quantitative estimate of drug-likeness (QED) is 0.271. The van der Waals surface area contributed by atoms with E-state index in [0.29, 0.717) is 18.5 Å². The average molecular weight is 408 g/mol. The predicted octanol–water partition coefficient (Wildman–Crippen LogP) is 5.67. The van der Waals surface area contributed by atoms with Crippen LogP contribution in [-0.2, 0) is 20.5 Å². The van der Waals surface area contributed by atoms with Crippen molar-refractivity contribution in [1.82, 2.24) is 0 Å². The molecule has 0 unspecified atom stereocenters. The molecule has 0 aromatic heterocycles. The van der Waals surface area contributed by atoms with Crippen molar-refractivity contribution >= 4 is 25.0 Å². The largest absolute Gasteiger partial charge is 0.514 e. The van der Waals surface area contributed by atoms with Crippen LogP contribution in [0.1, 0.15) is 59.6 Å². The molecule has 0 aliphatic carbocycles. The van der Waals surface area contributed by atoms with E-state index in [1.54, 1.807) is 11.8 Å². The third-order valence-electron chi connectivity index (χ3n) is 5.18. The van der Waals surface area contributed by atoms with E-state index in [4.69, 9.17) is 18.8 Å². The van der Waals surface area contributed by atoms with Crippen molar-refractivity contribution in [3.8, 4) is 5.75 Å². The molecule has 28 heavy (non-hydrogen) atoms. The standard InChI is InChI=1S/C21H33BO5S/c1-14-16(28-9)11-10-15(17(14)24-18(23)25-19(2,3)4)12-13-22-26-20(5,6)21(7,8)27-22/h10-11H,12-13H2,1-9H3. The zero-order chi connectivity index (χ0) is 21.3. The van der Waals surface area contributed by atoms with Gasteiger partial charge in [-0.2, -0.15) is 0 Å². The van der Waals surface area contributed by atoms with E-state index in [0.717, 1.165) is 16.0 Å². The van der Waals surface area contributed by atoms with Gasteiger partial charge in [0.25, 0.3) is 0 Å². The third kappa shape index (κ3) is 5.46. The van der Waals surface area contributed by atoms with E-state index in [2.05, 4.69) is 6.07 Å². The SMILES string of the molecule is CSc1ccc(CCB2OC(C)(C)C(C)(C)O2)c(OC(=O)OC(C)(C)C)c1C. The first-order valence-corrected chi connectivity index (χ1v) is 10.9. The lowest BCUT2D eigenvalue weighted by molar-refractivity contribution is 0.00578. The van der Waals surface area contributed by atoms with Gasteiger partial charge < -0.3 is 18.8 Å². The molecule has 0 bridgehead atoms. The van der Waals surface area contributed by atoms with Crippen LogP contribution < -0.4 is 4.74 Å². The summed E-state index contributed by atoms with van der Waals surface area (Å²) in [6.07, 6.45) is 2.66. The second-order valence-electron chi connectivity index (χ2n) is 9.17. The summed E-state index contributed by atoms with van der Waals surface area (Å²) in [5, 5.41) is 0. The summed E-state index contributed by atoms with van der Waals surface area (Å²) in [5.74, 6) is 0.567. The van der Waals surface area contributed by atoms with E-state index in [1.165, 1.54) is 0 Å². The van der Waals surface area contributed by atoms with Crippen LogP contribution in [0.3, 0.4) is 0 Å². The molecule has 0 atom stereocenters. The number of hydrogen-bond acceptors (Lipinski definition) is 6. The van der Waals surface area contributed by atoms with Crippen LogP contribution in [0.5, 0.6) is 5.75 Å². The summed E-state index contributed by atoms with van der Waals surface area (Å²) in [6, 6.07) is 4.06. The summed E-state index contributed by atoms with van der Waals surface area (Å²) in [5.41, 5.74) is 0.559. The van der Waals surface area contributed by atoms with Gasteiger partial charge in [0.2, 0.25) is 0 Å². The first-order valence-electron chi connectivity index (χ1n) is 9.69. The molecule has 1 aromatic rings. The van der Waals surface area contributed by atoms with Crippen LogP contribution >= 0.6 is 11.8 Å². The maximum atomic E-state index is 12.3. The first-order chi connectivity index (χ1) is 12.8. The Kier molecular flexibility index (Phi) is 6.84. The van der Waals surface area contributed by atoms with Crippen molar-refractivity contribution in [1.29, 1.82) is 0 Å². The van der Waals surface area contributed by atoms with Crippen LogP contribution in [0.15, 0.2) is 17.0 Å². The van der Waals surface area contributed by atoms with Crippen LogP contribution in [0.2, 0.25) is 6.32 Å². The molecule has 1 aliphatic heterocycles.